The summed E-state index contributed by atoms with van der Waals surface area (Å²) in [7, 11) is 0. The number of unbranched alkanes of at least 4 members (excludes halogenated alkanes) is 1. The van der Waals surface area contributed by atoms with Crippen LogP contribution in [-0.2, 0) is 6.42 Å². The molecule has 1 aliphatic rings. The summed E-state index contributed by atoms with van der Waals surface area (Å²) in [6.45, 7) is 0.795. The van der Waals surface area contributed by atoms with E-state index in [-0.39, 0.29) is 0 Å². The Balaban J connectivity index is 1.44. The smallest absolute Gasteiger partial charge is 0.133 e. The van der Waals surface area contributed by atoms with Crippen LogP contribution in [0.3, 0.4) is 0 Å². The van der Waals surface area contributed by atoms with Gasteiger partial charge in [0.05, 0.1) is 0 Å². The SMILES string of the molecule is Oc1ccc2c3c(cccc13)NC2=NCCCCc1ccncc1. The first-order valence-electron chi connectivity index (χ1n) is 8.28. The molecular weight excluding hydrogens is 298 g/mol. The highest BCUT2D eigenvalue weighted by Crippen LogP contribution is 2.37. The number of aromatic hydroxyl groups is 1. The lowest BCUT2D eigenvalue weighted by atomic mass is 10.0. The minimum Gasteiger partial charge on any atom is -0.507 e. The topological polar surface area (TPSA) is 57.5 Å². The van der Waals surface area contributed by atoms with E-state index in [0.29, 0.717) is 5.75 Å². The molecule has 2 N–H and O–H groups in total. The zero-order chi connectivity index (χ0) is 16.4. The van der Waals surface area contributed by atoms with Gasteiger partial charge in [-0.25, -0.2) is 0 Å². The van der Waals surface area contributed by atoms with Gasteiger partial charge in [0.15, 0.2) is 0 Å². The number of amidine groups is 1. The molecule has 0 amide bonds. The van der Waals surface area contributed by atoms with Gasteiger partial charge in [-0.3, -0.25) is 9.98 Å². The maximum Gasteiger partial charge on any atom is 0.133 e. The Labute approximate surface area is 140 Å². The van der Waals surface area contributed by atoms with Crippen molar-refractivity contribution < 1.29 is 5.11 Å². The van der Waals surface area contributed by atoms with Crippen molar-refractivity contribution in [2.75, 3.05) is 11.9 Å². The number of aryl methyl sites for hydroxylation is 1. The molecule has 1 aromatic heterocycles. The Hall–Kier alpha value is -2.88. The van der Waals surface area contributed by atoms with Gasteiger partial charge in [-0.1, -0.05) is 12.1 Å². The second kappa shape index (κ2) is 6.32. The first kappa shape index (κ1) is 14.7. The fourth-order valence-corrected chi connectivity index (χ4v) is 3.19. The highest BCUT2D eigenvalue weighted by atomic mass is 16.3. The van der Waals surface area contributed by atoms with E-state index in [4.69, 9.17) is 4.99 Å². The van der Waals surface area contributed by atoms with E-state index in [1.165, 1.54) is 5.56 Å². The Morgan fingerprint density at radius 3 is 2.75 bits per heavy atom. The van der Waals surface area contributed by atoms with Gasteiger partial charge in [-0.05, 0) is 55.2 Å². The Bertz CT molecular complexity index is 903. The molecule has 3 aromatic rings. The minimum absolute atomic E-state index is 0.316. The molecule has 0 spiro atoms. The van der Waals surface area contributed by atoms with Gasteiger partial charge in [-0.2, -0.15) is 0 Å². The number of rotatable bonds is 5. The van der Waals surface area contributed by atoms with Crippen LogP contribution in [0.4, 0.5) is 5.69 Å². The Morgan fingerprint density at radius 2 is 1.88 bits per heavy atom. The van der Waals surface area contributed by atoms with E-state index in [0.717, 1.165) is 53.7 Å². The first-order chi connectivity index (χ1) is 11.8. The second-order valence-electron chi connectivity index (χ2n) is 6.03. The van der Waals surface area contributed by atoms with Crippen LogP contribution < -0.4 is 5.32 Å². The van der Waals surface area contributed by atoms with Gasteiger partial charge in [0.25, 0.3) is 0 Å². The molecule has 2 aromatic carbocycles. The van der Waals surface area contributed by atoms with Crippen molar-refractivity contribution in [1.29, 1.82) is 0 Å². The lowest BCUT2D eigenvalue weighted by molar-refractivity contribution is 0.481. The van der Waals surface area contributed by atoms with Crippen molar-refractivity contribution in [1.82, 2.24) is 4.98 Å². The van der Waals surface area contributed by atoms with E-state index >= 15 is 0 Å². The third-order valence-electron chi connectivity index (χ3n) is 4.42. The molecule has 0 saturated heterocycles. The standard InChI is InChI=1S/C20H19N3O/c24-18-8-7-16-19-15(18)5-3-6-17(19)23-20(16)22-11-2-1-4-14-9-12-21-13-10-14/h3,5-10,12-13,24H,1-2,4,11H2,(H,22,23). The van der Waals surface area contributed by atoms with Gasteiger partial charge < -0.3 is 10.4 Å². The average Bonchev–Trinajstić information content (AvgIpc) is 2.98. The molecule has 24 heavy (non-hydrogen) atoms. The molecule has 0 bridgehead atoms. The molecule has 0 saturated carbocycles. The van der Waals surface area contributed by atoms with Gasteiger partial charge in [0, 0.05) is 41.0 Å². The van der Waals surface area contributed by atoms with Crippen molar-refractivity contribution in [2.24, 2.45) is 4.99 Å². The highest BCUT2D eigenvalue weighted by molar-refractivity contribution is 6.26. The monoisotopic (exact) mass is 317 g/mol. The van der Waals surface area contributed by atoms with Gasteiger partial charge >= 0.3 is 0 Å². The zero-order valence-corrected chi connectivity index (χ0v) is 13.4. The van der Waals surface area contributed by atoms with Crippen molar-refractivity contribution in [3.63, 3.8) is 0 Å². The van der Waals surface area contributed by atoms with Gasteiger partial charge in [-0.15, -0.1) is 0 Å². The summed E-state index contributed by atoms with van der Waals surface area (Å²) >= 11 is 0. The molecule has 4 heteroatoms. The largest absolute Gasteiger partial charge is 0.507 e. The molecule has 0 fully saturated rings. The van der Waals surface area contributed by atoms with Crippen LogP contribution in [0.25, 0.3) is 10.8 Å². The van der Waals surface area contributed by atoms with Crippen LogP contribution in [0.15, 0.2) is 59.9 Å². The third kappa shape index (κ3) is 2.71. The lowest BCUT2D eigenvalue weighted by Crippen LogP contribution is -2.08. The van der Waals surface area contributed by atoms with E-state index in [1.807, 2.05) is 36.7 Å². The van der Waals surface area contributed by atoms with Crippen LogP contribution in [0, 0.1) is 0 Å². The maximum absolute atomic E-state index is 10.0. The van der Waals surface area contributed by atoms with Crippen LogP contribution in [0.2, 0.25) is 0 Å². The number of hydrogen-bond acceptors (Lipinski definition) is 3. The number of pyridine rings is 1. The molecule has 120 valence electrons. The molecule has 0 unspecified atom stereocenters. The van der Waals surface area contributed by atoms with Gasteiger partial charge in [0.2, 0.25) is 0 Å². The summed E-state index contributed by atoms with van der Waals surface area (Å²) in [5, 5.41) is 15.3. The number of phenolic OH excluding ortho intramolecular Hbond substituents is 1. The highest BCUT2D eigenvalue weighted by Gasteiger charge is 2.20. The summed E-state index contributed by atoms with van der Waals surface area (Å²) in [4.78, 5) is 8.77. The van der Waals surface area contributed by atoms with Crippen LogP contribution in [-0.4, -0.2) is 22.5 Å². The summed E-state index contributed by atoms with van der Waals surface area (Å²) in [5.41, 5.74) is 3.42. The summed E-state index contributed by atoms with van der Waals surface area (Å²) < 4.78 is 0. The molecule has 0 aliphatic carbocycles. The summed E-state index contributed by atoms with van der Waals surface area (Å²) in [6.07, 6.45) is 6.89. The van der Waals surface area contributed by atoms with Crippen molar-refractivity contribution in [3.05, 3.63) is 66.0 Å². The van der Waals surface area contributed by atoms with Crippen molar-refractivity contribution >= 4 is 22.3 Å². The van der Waals surface area contributed by atoms with Crippen LogP contribution in [0.1, 0.15) is 24.0 Å². The quantitative estimate of drug-likeness (QED) is 0.695. The third-order valence-corrected chi connectivity index (χ3v) is 4.42. The number of hydrogen-bond donors (Lipinski definition) is 2. The maximum atomic E-state index is 10.0. The number of phenols is 1. The lowest BCUT2D eigenvalue weighted by Gasteiger charge is -2.03. The molecule has 1 aliphatic heterocycles. The Kier molecular flexibility index (Phi) is 3.87. The van der Waals surface area contributed by atoms with Crippen molar-refractivity contribution in [2.45, 2.75) is 19.3 Å². The van der Waals surface area contributed by atoms with E-state index in [9.17, 15) is 5.11 Å². The number of aliphatic imine (C=N–C) groups is 1. The number of benzene rings is 2. The number of nitrogens with one attached hydrogen (secondary N) is 1. The van der Waals surface area contributed by atoms with E-state index in [1.54, 1.807) is 6.07 Å². The predicted molar refractivity (Wildman–Crippen MR) is 97.8 cm³/mol. The summed E-state index contributed by atoms with van der Waals surface area (Å²) in [6, 6.07) is 13.7. The molecule has 0 radical (unpaired) electrons. The normalized spacial score (nSPS) is 14.2. The minimum atomic E-state index is 0.316. The number of nitrogens with zero attached hydrogens (tertiary/aromatic N) is 2. The Morgan fingerprint density at radius 1 is 1.00 bits per heavy atom. The van der Waals surface area contributed by atoms with Gasteiger partial charge in [0.1, 0.15) is 11.6 Å². The zero-order valence-electron chi connectivity index (χ0n) is 13.4. The fourth-order valence-electron chi connectivity index (χ4n) is 3.19. The van der Waals surface area contributed by atoms with Crippen molar-refractivity contribution in [3.8, 4) is 5.75 Å². The summed E-state index contributed by atoms with van der Waals surface area (Å²) in [5.74, 6) is 1.22. The van der Waals surface area contributed by atoms with E-state index in [2.05, 4.69) is 22.4 Å². The van der Waals surface area contributed by atoms with Crippen LogP contribution >= 0.6 is 0 Å². The molecule has 4 rings (SSSR count). The average molecular weight is 317 g/mol. The first-order valence-corrected chi connectivity index (χ1v) is 8.28. The number of aromatic nitrogens is 1. The molecular formula is C20H19N3O. The second-order valence-corrected chi connectivity index (χ2v) is 6.03. The number of anilines is 1. The van der Waals surface area contributed by atoms with E-state index < -0.39 is 0 Å². The molecule has 2 heterocycles. The molecule has 0 atom stereocenters. The fraction of sp³-hybridized carbons (Fsp3) is 0.200. The van der Waals surface area contributed by atoms with Crippen LogP contribution in [0.5, 0.6) is 5.75 Å². The molecule has 4 nitrogen and oxygen atoms in total. The predicted octanol–water partition coefficient (Wildman–Crippen LogP) is 4.14.